The Balaban J connectivity index is 1.67. The fraction of sp³-hybridized carbons (Fsp3) is 0.0833. The van der Waals surface area contributed by atoms with Gasteiger partial charge in [0.2, 0.25) is 0 Å². The standard InChI is InChI=1S/C24H19NO7/c1-30-20-11-12-21(23(15-20)31-2)22(26)13-8-16-6-9-19(10-7-16)32-24(27)17-4-3-5-18(14-17)25(28)29/h3-15H,1-2H3/b13-8+. The third-order valence-electron chi connectivity index (χ3n) is 4.48. The first-order valence-corrected chi connectivity index (χ1v) is 9.42. The first-order chi connectivity index (χ1) is 15.4. The largest absolute Gasteiger partial charge is 0.497 e. The van der Waals surface area contributed by atoms with Gasteiger partial charge in [-0.1, -0.05) is 24.3 Å². The Morgan fingerprint density at radius 3 is 2.28 bits per heavy atom. The number of carbonyl (C=O) groups excluding carboxylic acids is 2. The second-order valence-electron chi connectivity index (χ2n) is 6.53. The number of nitrogens with zero attached hydrogens (tertiary/aromatic N) is 1. The van der Waals surface area contributed by atoms with Gasteiger partial charge in [-0.3, -0.25) is 14.9 Å². The zero-order valence-electron chi connectivity index (χ0n) is 17.3. The molecule has 0 saturated carbocycles. The molecule has 0 aliphatic carbocycles. The maximum absolute atomic E-state index is 12.5. The Bertz CT molecular complexity index is 1180. The Kier molecular flexibility index (Phi) is 6.97. The summed E-state index contributed by atoms with van der Waals surface area (Å²) in [5.41, 5.74) is 0.980. The lowest BCUT2D eigenvalue weighted by Crippen LogP contribution is -2.08. The molecule has 0 aliphatic rings. The first kappa shape index (κ1) is 22.2. The quantitative estimate of drug-likeness (QED) is 0.126. The van der Waals surface area contributed by atoms with Crippen LogP contribution in [0, 0.1) is 10.1 Å². The minimum absolute atomic E-state index is 0.0715. The molecule has 0 bridgehead atoms. The lowest BCUT2D eigenvalue weighted by Gasteiger charge is -2.08. The van der Waals surface area contributed by atoms with Crippen LogP contribution in [0.15, 0.2) is 72.8 Å². The number of hydrogen-bond acceptors (Lipinski definition) is 7. The number of esters is 1. The fourth-order valence-electron chi connectivity index (χ4n) is 2.82. The van der Waals surface area contributed by atoms with Crippen LogP contribution in [-0.2, 0) is 0 Å². The number of allylic oxidation sites excluding steroid dienone is 1. The highest BCUT2D eigenvalue weighted by Crippen LogP contribution is 2.25. The van der Waals surface area contributed by atoms with Gasteiger partial charge in [0.05, 0.1) is 30.3 Å². The molecule has 0 atom stereocenters. The second kappa shape index (κ2) is 10.0. The van der Waals surface area contributed by atoms with Gasteiger partial charge in [0.1, 0.15) is 17.2 Å². The van der Waals surface area contributed by atoms with Gasteiger partial charge >= 0.3 is 5.97 Å². The van der Waals surface area contributed by atoms with E-state index in [0.717, 1.165) is 6.07 Å². The van der Waals surface area contributed by atoms with E-state index in [1.165, 1.54) is 38.5 Å². The third-order valence-corrected chi connectivity index (χ3v) is 4.48. The van der Waals surface area contributed by atoms with Crippen molar-refractivity contribution >= 4 is 23.5 Å². The predicted molar refractivity (Wildman–Crippen MR) is 117 cm³/mol. The molecule has 0 saturated heterocycles. The summed E-state index contributed by atoms with van der Waals surface area (Å²) >= 11 is 0. The molecule has 3 aromatic rings. The average Bonchev–Trinajstić information content (AvgIpc) is 2.82. The van der Waals surface area contributed by atoms with Gasteiger partial charge < -0.3 is 14.2 Å². The summed E-state index contributed by atoms with van der Waals surface area (Å²) in [4.78, 5) is 35.0. The summed E-state index contributed by atoms with van der Waals surface area (Å²) in [6.07, 6.45) is 3.03. The molecule has 8 heteroatoms. The highest BCUT2D eigenvalue weighted by molar-refractivity contribution is 6.08. The summed E-state index contributed by atoms with van der Waals surface area (Å²) in [7, 11) is 3.00. The van der Waals surface area contributed by atoms with Crippen molar-refractivity contribution < 1.29 is 28.7 Å². The number of carbonyl (C=O) groups is 2. The van der Waals surface area contributed by atoms with Crippen molar-refractivity contribution in [3.05, 3.63) is 99.6 Å². The number of ether oxygens (including phenoxy) is 3. The molecule has 0 N–H and O–H groups in total. The van der Waals surface area contributed by atoms with Crippen LogP contribution in [0.2, 0.25) is 0 Å². The topological polar surface area (TPSA) is 105 Å². The third kappa shape index (κ3) is 5.37. The van der Waals surface area contributed by atoms with Gasteiger partial charge in [-0.2, -0.15) is 0 Å². The van der Waals surface area contributed by atoms with E-state index >= 15 is 0 Å². The van der Waals surface area contributed by atoms with Crippen molar-refractivity contribution in [1.29, 1.82) is 0 Å². The molecule has 32 heavy (non-hydrogen) atoms. The SMILES string of the molecule is COc1ccc(C(=O)/C=C/c2ccc(OC(=O)c3cccc([N+](=O)[O-])c3)cc2)c(OC)c1. The Morgan fingerprint density at radius 1 is 0.906 bits per heavy atom. The Labute approximate surface area is 183 Å². The molecule has 0 spiro atoms. The molecule has 3 aromatic carbocycles. The van der Waals surface area contributed by atoms with E-state index < -0.39 is 10.9 Å². The molecule has 8 nitrogen and oxygen atoms in total. The zero-order valence-corrected chi connectivity index (χ0v) is 17.3. The van der Waals surface area contributed by atoms with E-state index in [9.17, 15) is 19.7 Å². The van der Waals surface area contributed by atoms with Gasteiger partial charge in [0, 0.05) is 18.2 Å². The zero-order chi connectivity index (χ0) is 23.1. The van der Waals surface area contributed by atoms with Crippen LogP contribution in [0.25, 0.3) is 6.08 Å². The molecule has 0 aromatic heterocycles. The molecule has 0 unspecified atom stereocenters. The Hall–Kier alpha value is -4.46. The molecule has 0 radical (unpaired) electrons. The molecule has 162 valence electrons. The van der Waals surface area contributed by atoms with Gasteiger partial charge in [-0.15, -0.1) is 0 Å². The van der Waals surface area contributed by atoms with Crippen molar-refractivity contribution in [1.82, 2.24) is 0 Å². The van der Waals surface area contributed by atoms with Crippen molar-refractivity contribution in [3.8, 4) is 17.2 Å². The van der Waals surface area contributed by atoms with Crippen LogP contribution in [0.1, 0.15) is 26.3 Å². The number of hydrogen-bond donors (Lipinski definition) is 0. The summed E-state index contributed by atoms with van der Waals surface area (Å²) in [5, 5.41) is 10.8. The molecule has 0 amide bonds. The Morgan fingerprint density at radius 2 is 1.62 bits per heavy atom. The maximum Gasteiger partial charge on any atom is 0.343 e. The number of non-ortho nitro benzene ring substituents is 1. The van der Waals surface area contributed by atoms with E-state index in [2.05, 4.69) is 0 Å². The number of benzene rings is 3. The van der Waals surface area contributed by atoms with Crippen LogP contribution < -0.4 is 14.2 Å². The molecule has 0 fully saturated rings. The normalized spacial score (nSPS) is 10.6. The van der Waals surface area contributed by atoms with E-state index in [0.29, 0.717) is 22.6 Å². The molecule has 0 heterocycles. The molecular formula is C24H19NO7. The maximum atomic E-state index is 12.5. The van der Waals surface area contributed by atoms with Crippen LogP contribution in [0.4, 0.5) is 5.69 Å². The lowest BCUT2D eigenvalue weighted by molar-refractivity contribution is -0.384. The smallest absolute Gasteiger partial charge is 0.343 e. The van der Waals surface area contributed by atoms with Crippen LogP contribution in [-0.4, -0.2) is 30.9 Å². The van der Waals surface area contributed by atoms with Crippen molar-refractivity contribution in [3.63, 3.8) is 0 Å². The number of rotatable bonds is 8. The van der Waals surface area contributed by atoms with Crippen LogP contribution >= 0.6 is 0 Å². The van der Waals surface area contributed by atoms with Crippen LogP contribution in [0.5, 0.6) is 17.2 Å². The van der Waals surface area contributed by atoms with E-state index in [-0.39, 0.29) is 22.8 Å². The minimum atomic E-state index is -0.709. The lowest BCUT2D eigenvalue weighted by atomic mass is 10.1. The monoisotopic (exact) mass is 433 g/mol. The van der Waals surface area contributed by atoms with Gasteiger partial charge in [0.25, 0.3) is 5.69 Å². The highest BCUT2D eigenvalue weighted by Gasteiger charge is 2.14. The molecule has 3 rings (SSSR count). The number of ketones is 1. The van der Waals surface area contributed by atoms with E-state index in [1.807, 2.05) is 0 Å². The number of methoxy groups -OCH3 is 2. The summed E-state index contributed by atoms with van der Waals surface area (Å²) in [6.45, 7) is 0. The van der Waals surface area contributed by atoms with Gasteiger partial charge in [-0.05, 0) is 42.0 Å². The fourth-order valence-corrected chi connectivity index (χ4v) is 2.82. The molecular weight excluding hydrogens is 414 g/mol. The molecule has 0 aliphatic heterocycles. The van der Waals surface area contributed by atoms with Crippen molar-refractivity contribution in [2.24, 2.45) is 0 Å². The van der Waals surface area contributed by atoms with Gasteiger partial charge in [-0.25, -0.2) is 4.79 Å². The van der Waals surface area contributed by atoms with E-state index in [4.69, 9.17) is 14.2 Å². The van der Waals surface area contributed by atoms with Crippen molar-refractivity contribution in [2.75, 3.05) is 14.2 Å². The summed E-state index contributed by atoms with van der Waals surface area (Å²) < 4.78 is 15.6. The number of nitro benzene ring substituents is 1. The van der Waals surface area contributed by atoms with Gasteiger partial charge in [0.15, 0.2) is 5.78 Å². The number of nitro groups is 1. The summed E-state index contributed by atoms with van der Waals surface area (Å²) in [6, 6.07) is 16.7. The first-order valence-electron chi connectivity index (χ1n) is 9.42. The predicted octanol–water partition coefficient (Wildman–Crippen LogP) is 4.73. The van der Waals surface area contributed by atoms with Crippen LogP contribution in [0.3, 0.4) is 0 Å². The second-order valence-corrected chi connectivity index (χ2v) is 6.53. The van der Waals surface area contributed by atoms with Crippen molar-refractivity contribution in [2.45, 2.75) is 0 Å². The van der Waals surface area contributed by atoms with E-state index in [1.54, 1.807) is 48.5 Å². The average molecular weight is 433 g/mol. The highest BCUT2D eigenvalue weighted by atomic mass is 16.6. The summed E-state index contributed by atoms with van der Waals surface area (Å²) in [5.74, 6) is 0.297. The minimum Gasteiger partial charge on any atom is -0.497 e.